The molecule has 3 aromatic rings. The quantitative estimate of drug-likeness (QED) is 0.650. The third-order valence-corrected chi connectivity index (χ3v) is 6.66. The van der Waals surface area contributed by atoms with Gasteiger partial charge in [0.05, 0.1) is 16.7 Å². The van der Waals surface area contributed by atoms with Crippen molar-refractivity contribution in [2.45, 2.75) is 31.7 Å². The zero-order valence-corrected chi connectivity index (χ0v) is 18.5. The first-order chi connectivity index (χ1) is 16.1. The molecule has 8 heteroatoms. The van der Waals surface area contributed by atoms with Gasteiger partial charge in [-0.2, -0.15) is 0 Å². The van der Waals surface area contributed by atoms with Gasteiger partial charge in [0, 0.05) is 45.6 Å². The number of halogens is 1. The van der Waals surface area contributed by atoms with Crippen molar-refractivity contribution in [3.8, 4) is 0 Å². The summed E-state index contributed by atoms with van der Waals surface area (Å²) in [4.78, 5) is 39.6. The largest absolute Gasteiger partial charge is 0.366 e. The standard InChI is InChI=1S/C25H28FN5O2/c26-18-6-1-4-9-21(18)29-14-16-30(17-15-29)25(33)22-10-5-13-31(22)24(32)12-11-23-27-19-7-2-3-8-20(19)28-23/h1-4,6-9,22H,5,10-17H2,(H,27,28)/t22-/m1/s1. The Hall–Kier alpha value is -3.42. The second kappa shape index (κ2) is 9.21. The van der Waals surface area contributed by atoms with Crippen molar-refractivity contribution in [3.05, 3.63) is 60.2 Å². The fourth-order valence-corrected chi connectivity index (χ4v) is 4.90. The normalized spacial score (nSPS) is 18.8. The van der Waals surface area contributed by atoms with E-state index in [0.29, 0.717) is 57.7 Å². The van der Waals surface area contributed by atoms with Gasteiger partial charge in [0.25, 0.3) is 0 Å². The van der Waals surface area contributed by atoms with Crippen molar-refractivity contribution >= 4 is 28.5 Å². The van der Waals surface area contributed by atoms with Crippen molar-refractivity contribution in [2.24, 2.45) is 0 Å². The molecule has 33 heavy (non-hydrogen) atoms. The summed E-state index contributed by atoms with van der Waals surface area (Å²) < 4.78 is 14.1. The average Bonchev–Trinajstić information content (AvgIpc) is 3.50. The molecule has 5 rings (SSSR count). The summed E-state index contributed by atoms with van der Waals surface area (Å²) in [6.07, 6.45) is 2.38. The lowest BCUT2D eigenvalue weighted by atomic mass is 10.1. The molecule has 0 saturated carbocycles. The predicted molar refractivity (Wildman–Crippen MR) is 124 cm³/mol. The number of imidazole rings is 1. The molecule has 0 aliphatic carbocycles. The molecule has 1 aromatic heterocycles. The summed E-state index contributed by atoms with van der Waals surface area (Å²) in [7, 11) is 0. The maximum absolute atomic E-state index is 14.1. The van der Waals surface area contributed by atoms with Crippen LogP contribution in [0.3, 0.4) is 0 Å². The van der Waals surface area contributed by atoms with E-state index >= 15 is 0 Å². The second-order valence-corrected chi connectivity index (χ2v) is 8.71. The number of hydrogen-bond acceptors (Lipinski definition) is 4. The van der Waals surface area contributed by atoms with E-state index in [0.717, 1.165) is 23.3 Å². The van der Waals surface area contributed by atoms with Crippen molar-refractivity contribution < 1.29 is 14.0 Å². The maximum Gasteiger partial charge on any atom is 0.245 e. The number of fused-ring (bicyclic) bond motifs is 1. The number of rotatable bonds is 5. The summed E-state index contributed by atoms with van der Waals surface area (Å²) in [5.74, 6) is 0.555. The van der Waals surface area contributed by atoms with Crippen molar-refractivity contribution in [3.63, 3.8) is 0 Å². The molecule has 2 fully saturated rings. The monoisotopic (exact) mass is 449 g/mol. The molecule has 2 amide bonds. The van der Waals surface area contributed by atoms with Crippen molar-refractivity contribution in [1.82, 2.24) is 19.8 Å². The number of nitrogens with zero attached hydrogens (tertiary/aromatic N) is 4. The summed E-state index contributed by atoms with van der Waals surface area (Å²) in [5, 5.41) is 0. The Morgan fingerprint density at radius 1 is 1.00 bits per heavy atom. The molecule has 0 spiro atoms. The van der Waals surface area contributed by atoms with Crippen LogP contribution in [0.25, 0.3) is 11.0 Å². The van der Waals surface area contributed by atoms with E-state index < -0.39 is 6.04 Å². The highest BCUT2D eigenvalue weighted by molar-refractivity contribution is 5.88. The van der Waals surface area contributed by atoms with E-state index in [9.17, 15) is 14.0 Å². The molecular weight excluding hydrogens is 421 g/mol. The Kier molecular flexibility index (Phi) is 5.98. The molecule has 1 atom stereocenters. The zero-order valence-electron chi connectivity index (χ0n) is 18.5. The average molecular weight is 450 g/mol. The Bertz CT molecular complexity index is 1120. The van der Waals surface area contributed by atoms with Gasteiger partial charge in [-0.15, -0.1) is 0 Å². The number of aromatic amines is 1. The number of amides is 2. The van der Waals surface area contributed by atoms with Crippen LogP contribution < -0.4 is 4.90 Å². The number of benzene rings is 2. The molecule has 7 nitrogen and oxygen atoms in total. The van der Waals surface area contributed by atoms with Gasteiger partial charge in [0.2, 0.25) is 11.8 Å². The number of hydrogen-bond donors (Lipinski definition) is 1. The minimum Gasteiger partial charge on any atom is -0.366 e. The molecule has 0 radical (unpaired) electrons. The number of para-hydroxylation sites is 3. The molecule has 2 aliphatic rings. The van der Waals surface area contributed by atoms with E-state index in [1.54, 1.807) is 17.0 Å². The molecular formula is C25H28FN5O2. The second-order valence-electron chi connectivity index (χ2n) is 8.71. The summed E-state index contributed by atoms with van der Waals surface area (Å²) in [6, 6.07) is 14.1. The van der Waals surface area contributed by atoms with Gasteiger partial charge in [-0.05, 0) is 37.1 Å². The first-order valence-electron chi connectivity index (χ1n) is 11.6. The third kappa shape index (κ3) is 4.42. The lowest BCUT2D eigenvalue weighted by Crippen LogP contribution is -2.54. The molecule has 2 aromatic carbocycles. The topological polar surface area (TPSA) is 72.5 Å². The number of carbonyl (C=O) groups is 2. The van der Waals surface area contributed by atoms with Gasteiger partial charge < -0.3 is 19.7 Å². The maximum atomic E-state index is 14.1. The van der Waals surface area contributed by atoms with Gasteiger partial charge in [-0.25, -0.2) is 9.37 Å². The smallest absolute Gasteiger partial charge is 0.245 e. The van der Waals surface area contributed by atoms with Crippen LogP contribution in [0.1, 0.15) is 25.1 Å². The van der Waals surface area contributed by atoms with E-state index in [1.807, 2.05) is 40.1 Å². The number of H-pyrrole nitrogens is 1. The van der Waals surface area contributed by atoms with Crippen molar-refractivity contribution in [1.29, 1.82) is 0 Å². The van der Waals surface area contributed by atoms with E-state index in [1.165, 1.54) is 6.07 Å². The highest BCUT2D eigenvalue weighted by Gasteiger charge is 2.37. The molecule has 2 aliphatic heterocycles. The number of aryl methyl sites for hydroxylation is 1. The number of piperazine rings is 1. The van der Waals surface area contributed by atoms with Crippen LogP contribution in [0.4, 0.5) is 10.1 Å². The number of nitrogens with one attached hydrogen (secondary N) is 1. The molecule has 1 N–H and O–H groups in total. The molecule has 0 unspecified atom stereocenters. The third-order valence-electron chi connectivity index (χ3n) is 6.66. The fourth-order valence-electron chi connectivity index (χ4n) is 4.90. The van der Waals surface area contributed by atoms with Crippen LogP contribution in [0.15, 0.2) is 48.5 Å². The van der Waals surface area contributed by atoms with Crippen molar-refractivity contribution in [2.75, 3.05) is 37.6 Å². The Morgan fingerprint density at radius 3 is 2.55 bits per heavy atom. The van der Waals surface area contributed by atoms with E-state index in [2.05, 4.69) is 9.97 Å². The van der Waals surface area contributed by atoms with Crippen LogP contribution in [0, 0.1) is 5.82 Å². The summed E-state index contributed by atoms with van der Waals surface area (Å²) in [6.45, 7) is 2.85. The number of anilines is 1. The summed E-state index contributed by atoms with van der Waals surface area (Å²) >= 11 is 0. The zero-order chi connectivity index (χ0) is 22.8. The predicted octanol–water partition coefficient (Wildman–Crippen LogP) is 2.97. The van der Waals surface area contributed by atoms with Gasteiger partial charge in [-0.3, -0.25) is 9.59 Å². The van der Waals surface area contributed by atoms with Crippen LogP contribution >= 0.6 is 0 Å². The van der Waals surface area contributed by atoms with Crippen LogP contribution in [0.5, 0.6) is 0 Å². The fraction of sp³-hybridized carbons (Fsp3) is 0.400. The van der Waals surface area contributed by atoms with E-state index in [4.69, 9.17) is 0 Å². The highest BCUT2D eigenvalue weighted by atomic mass is 19.1. The van der Waals surface area contributed by atoms with Gasteiger partial charge in [0.1, 0.15) is 17.7 Å². The SMILES string of the molecule is O=C([C@H]1CCCN1C(=O)CCc1nc2ccccc2[nH]1)N1CCN(c2ccccc2F)CC1. The lowest BCUT2D eigenvalue weighted by molar-refractivity contribution is -0.144. The van der Waals surface area contributed by atoms with Crippen LogP contribution in [0.2, 0.25) is 0 Å². The van der Waals surface area contributed by atoms with Gasteiger partial charge >= 0.3 is 0 Å². The molecule has 172 valence electrons. The van der Waals surface area contributed by atoms with Crippen LogP contribution in [-0.2, 0) is 16.0 Å². The van der Waals surface area contributed by atoms with Gasteiger partial charge in [0.15, 0.2) is 0 Å². The minimum absolute atomic E-state index is 0.00343. The van der Waals surface area contributed by atoms with Crippen LogP contribution in [-0.4, -0.2) is 70.3 Å². The minimum atomic E-state index is -0.395. The molecule has 2 saturated heterocycles. The van der Waals surface area contributed by atoms with Gasteiger partial charge in [-0.1, -0.05) is 24.3 Å². The Balaban J connectivity index is 1.17. The Morgan fingerprint density at radius 2 is 1.76 bits per heavy atom. The first-order valence-corrected chi connectivity index (χ1v) is 11.6. The lowest BCUT2D eigenvalue weighted by Gasteiger charge is -2.38. The number of likely N-dealkylation sites (tertiary alicyclic amines) is 1. The van der Waals surface area contributed by atoms with E-state index in [-0.39, 0.29) is 17.6 Å². The highest BCUT2D eigenvalue weighted by Crippen LogP contribution is 2.24. The Labute approximate surface area is 192 Å². The molecule has 3 heterocycles. The number of carbonyl (C=O) groups excluding carboxylic acids is 2. The number of aromatic nitrogens is 2. The summed E-state index contributed by atoms with van der Waals surface area (Å²) in [5.41, 5.74) is 2.43. The first kappa shape index (κ1) is 21.4. The molecule has 0 bridgehead atoms.